The Morgan fingerprint density at radius 3 is 2.79 bits per heavy atom. The number of nitrogens with two attached hydrogens (primary N) is 1. The lowest BCUT2D eigenvalue weighted by atomic mass is 9.92. The summed E-state index contributed by atoms with van der Waals surface area (Å²) in [6.07, 6.45) is 0.911. The van der Waals surface area contributed by atoms with Crippen molar-refractivity contribution in [3.63, 3.8) is 0 Å². The fourth-order valence-electron chi connectivity index (χ4n) is 1.40. The highest BCUT2D eigenvalue weighted by Crippen LogP contribution is 2.23. The number of nitrogens with one attached hydrogen (secondary N) is 1. The molecule has 1 aromatic heterocycles. The zero-order chi connectivity index (χ0) is 14.5. The number of thioether (sulfide) groups is 1. The highest BCUT2D eigenvalue weighted by atomic mass is 32.2. The second-order valence-electron chi connectivity index (χ2n) is 5.57. The predicted octanol–water partition coefficient (Wildman–Crippen LogP) is 2.38. The maximum absolute atomic E-state index is 11.7. The zero-order valence-corrected chi connectivity index (χ0v) is 12.8. The molecule has 0 saturated carbocycles. The first kappa shape index (κ1) is 16.0. The Bertz CT molecular complexity index is 412. The van der Waals surface area contributed by atoms with Crippen molar-refractivity contribution in [2.75, 3.05) is 17.6 Å². The summed E-state index contributed by atoms with van der Waals surface area (Å²) in [5.41, 5.74) is 6.21. The highest BCUT2D eigenvalue weighted by Gasteiger charge is 2.19. The number of aromatic nitrogens is 1. The molecule has 1 amide bonds. The van der Waals surface area contributed by atoms with Crippen LogP contribution in [0.15, 0.2) is 10.6 Å². The monoisotopic (exact) mass is 285 g/mol. The molecule has 0 aliphatic carbocycles. The summed E-state index contributed by atoms with van der Waals surface area (Å²) in [6.45, 7) is 8.84. The molecular weight excluding hydrogens is 262 g/mol. The molecular formula is C13H23N3O2S. The molecule has 0 fully saturated rings. The minimum atomic E-state index is -0.0864. The lowest BCUT2D eigenvalue weighted by molar-refractivity contribution is -0.113. The van der Waals surface area contributed by atoms with Gasteiger partial charge < -0.3 is 10.3 Å². The summed E-state index contributed by atoms with van der Waals surface area (Å²) in [4.78, 5) is 11.7. The molecule has 0 radical (unpaired) electrons. The van der Waals surface area contributed by atoms with Crippen molar-refractivity contribution in [2.24, 2.45) is 5.73 Å². The van der Waals surface area contributed by atoms with E-state index in [-0.39, 0.29) is 11.3 Å². The zero-order valence-electron chi connectivity index (χ0n) is 12.0. The van der Waals surface area contributed by atoms with Gasteiger partial charge in [0.05, 0.1) is 11.4 Å². The summed E-state index contributed by atoms with van der Waals surface area (Å²) in [7, 11) is 0. The van der Waals surface area contributed by atoms with Gasteiger partial charge in [0.25, 0.3) is 0 Å². The fraction of sp³-hybridized carbons (Fsp3) is 0.692. The first-order valence-corrected chi connectivity index (χ1v) is 7.46. The number of hydrogen-bond acceptors (Lipinski definition) is 5. The molecule has 108 valence electrons. The van der Waals surface area contributed by atoms with E-state index in [4.69, 9.17) is 10.3 Å². The van der Waals surface area contributed by atoms with Gasteiger partial charge in [0.15, 0.2) is 0 Å². The maximum atomic E-state index is 11.7. The lowest BCUT2D eigenvalue weighted by Crippen LogP contribution is -2.16. The molecule has 0 bridgehead atoms. The smallest absolute Gasteiger partial charge is 0.236 e. The fourth-order valence-corrected chi connectivity index (χ4v) is 2.21. The van der Waals surface area contributed by atoms with Crippen molar-refractivity contribution < 1.29 is 9.32 Å². The summed E-state index contributed by atoms with van der Waals surface area (Å²) >= 11 is 1.59. The highest BCUT2D eigenvalue weighted by molar-refractivity contribution is 8.00. The molecule has 1 heterocycles. The van der Waals surface area contributed by atoms with E-state index in [1.54, 1.807) is 17.8 Å². The SMILES string of the molecule is CC(CCN)SCC(=O)Nc1cc(C(C)(C)C)no1. The van der Waals surface area contributed by atoms with Crippen LogP contribution in [0.4, 0.5) is 5.88 Å². The van der Waals surface area contributed by atoms with Crippen molar-refractivity contribution in [3.05, 3.63) is 11.8 Å². The van der Waals surface area contributed by atoms with Gasteiger partial charge in [-0.15, -0.1) is 11.8 Å². The van der Waals surface area contributed by atoms with Gasteiger partial charge in [-0.1, -0.05) is 32.9 Å². The molecule has 0 aliphatic heterocycles. The van der Waals surface area contributed by atoms with E-state index in [9.17, 15) is 4.79 Å². The van der Waals surface area contributed by atoms with Crippen molar-refractivity contribution in [3.8, 4) is 0 Å². The molecule has 0 spiro atoms. The molecule has 0 aliphatic rings. The standard InChI is InChI=1S/C13H23N3O2S/c1-9(5-6-14)19-8-11(17)15-12-7-10(16-18-12)13(2,3)4/h7,9H,5-6,8,14H2,1-4H3,(H,15,17). The minimum Gasteiger partial charge on any atom is -0.338 e. The summed E-state index contributed by atoms with van der Waals surface area (Å²) < 4.78 is 5.10. The van der Waals surface area contributed by atoms with Crippen LogP contribution in [0.3, 0.4) is 0 Å². The van der Waals surface area contributed by atoms with Crippen LogP contribution >= 0.6 is 11.8 Å². The number of nitrogens with zero attached hydrogens (tertiary/aromatic N) is 1. The number of carbonyl (C=O) groups excluding carboxylic acids is 1. The Morgan fingerprint density at radius 1 is 1.58 bits per heavy atom. The van der Waals surface area contributed by atoms with E-state index >= 15 is 0 Å². The molecule has 5 nitrogen and oxygen atoms in total. The van der Waals surface area contributed by atoms with Crippen LogP contribution < -0.4 is 11.1 Å². The van der Waals surface area contributed by atoms with Gasteiger partial charge in [-0.25, -0.2) is 0 Å². The topological polar surface area (TPSA) is 81.2 Å². The van der Waals surface area contributed by atoms with E-state index in [0.29, 0.717) is 23.4 Å². The number of rotatable bonds is 6. The van der Waals surface area contributed by atoms with Crippen molar-refractivity contribution in [1.29, 1.82) is 0 Å². The van der Waals surface area contributed by atoms with Crippen LogP contribution in [0.2, 0.25) is 0 Å². The van der Waals surface area contributed by atoms with E-state index in [1.165, 1.54) is 0 Å². The van der Waals surface area contributed by atoms with E-state index in [0.717, 1.165) is 12.1 Å². The first-order chi connectivity index (χ1) is 8.82. The number of amides is 1. The average Bonchev–Trinajstić information content (AvgIpc) is 2.75. The Morgan fingerprint density at radius 2 is 2.26 bits per heavy atom. The van der Waals surface area contributed by atoms with Crippen LogP contribution in [0.1, 0.15) is 39.8 Å². The maximum Gasteiger partial charge on any atom is 0.236 e. The van der Waals surface area contributed by atoms with Crippen molar-refractivity contribution >= 4 is 23.6 Å². The van der Waals surface area contributed by atoms with E-state index in [2.05, 4.69) is 17.4 Å². The van der Waals surface area contributed by atoms with Gasteiger partial charge in [-0.2, -0.15) is 0 Å². The second-order valence-corrected chi connectivity index (χ2v) is 7.00. The van der Waals surface area contributed by atoms with Crippen LogP contribution in [-0.4, -0.2) is 28.6 Å². The van der Waals surface area contributed by atoms with Crippen LogP contribution in [0, 0.1) is 0 Å². The minimum absolute atomic E-state index is 0.0783. The Kier molecular flexibility index (Phi) is 5.87. The van der Waals surface area contributed by atoms with Gasteiger partial charge >= 0.3 is 0 Å². The Hall–Kier alpha value is -1.01. The Labute approximate surface area is 118 Å². The molecule has 1 aromatic rings. The number of anilines is 1. The molecule has 1 rings (SSSR count). The molecule has 1 atom stereocenters. The molecule has 0 saturated heterocycles. The van der Waals surface area contributed by atoms with Gasteiger partial charge in [-0.3, -0.25) is 10.1 Å². The molecule has 0 aromatic carbocycles. The molecule has 19 heavy (non-hydrogen) atoms. The van der Waals surface area contributed by atoms with E-state index in [1.807, 2.05) is 20.8 Å². The largest absolute Gasteiger partial charge is 0.338 e. The predicted molar refractivity (Wildman–Crippen MR) is 79.4 cm³/mol. The van der Waals surface area contributed by atoms with Gasteiger partial charge in [0.2, 0.25) is 11.8 Å². The van der Waals surface area contributed by atoms with Crippen LogP contribution in [0.25, 0.3) is 0 Å². The second kappa shape index (κ2) is 6.96. The number of hydrogen-bond donors (Lipinski definition) is 2. The number of carbonyl (C=O) groups is 1. The summed E-state index contributed by atoms with van der Waals surface area (Å²) in [6, 6.07) is 1.77. The molecule has 3 N–H and O–H groups in total. The summed E-state index contributed by atoms with van der Waals surface area (Å²) in [5.74, 6) is 0.722. The third-order valence-electron chi connectivity index (χ3n) is 2.61. The average molecular weight is 285 g/mol. The third kappa shape index (κ3) is 5.65. The normalized spacial score (nSPS) is 13.3. The van der Waals surface area contributed by atoms with E-state index < -0.39 is 0 Å². The van der Waals surface area contributed by atoms with Gasteiger partial charge in [0.1, 0.15) is 0 Å². The first-order valence-electron chi connectivity index (χ1n) is 6.41. The lowest BCUT2D eigenvalue weighted by Gasteiger charge is -2.12. The van der Waals surface area contributed by atoms with Crippen LogP contribution in [-0.2, 0) is 10.2 Å². The summed E-state index contributed by atoms with van der Waals surface area (Å²) in [5, 5.41) is 7.05. The third-order valence-corrected chi connectivity index (χ3v) is 3.85. The van der Waals surface area contributed by atoms with Gasteiger partial charge in [-0.05, 0) is 13.0 Å². The van der Waals surface area contributed by atoms with Crippen molar-refractivity contribution in [1.82, 2.24) is 5.16 Å². The van der Waals surface area contributed by atoms with Crippen molar-refractivity contribution in [2.45, 2.75) is 44.8 Å². The molecule has 1 unspecified atom stereocenters. The molecule has 6 heteroatoms. The van der Waals surface area contributed by atoms with Crippen LogP contribution in [0.5, 0.6) is 0 Å². The van der Waals surface area contributed by atoms with Gasteiger partial charge in [0, 0.05) is 16.7 Å². The quantitative estimate of drug-likeness (QED) is 0.838. The Balaban J connectivity index is 2.42.